The molecule has 2 heterocycles. The quantitative estimate of drug-likeness (QED) is 0.621. The lowest BCUT2D eigenvalue weighted by Crippen LogP contribution is -2.29. The molecule has 1 amide bonds. The summed E-state index contributed by atoms with van der Waals surface area (Å²) in [6.45, 7) is 4.24. The first-order valence-corrected chi connectivity index (χ1v) is 6.93. The van der Waals surface area contributed by atoms with Crippen molar-refractivity contribution in [2.24, 2.45) is 11.8 Å². The molecule has 1 unspecified atom stereocenters. The van der Waals surface area contributed by atoms with Crippen LogP contribution in [0.15, 0.2) is 12.1 Å². The number of rotatable bonds is 5. The zero-order valence-corrected chi connectivity index (χ0v) is 12.1. The van der Waals surface area contributed by atoms with Crippen molar-refractivity contribution in [3.05, 3.63) is 23.4 Å². The Balaban J connectivity index is 2.13. The molecule has 0 aliphatic carbocycles. The van der Waals surface area contributed by atoms with Crippen LogP contribution < -0.4 is 11.3 Å². The fourth-order valence-electron chi connectivity index (χ4n) is 2.54. The van der Waals surface area contributed by atoms with Crippen molar-refractivity contribution < 1.29 is 9.53 Å². The van der Waals surface area contributed by atoms with Gasteiger partial charge in [0.1, 0.15) is 5.82 Å². The van der Waals surface area contributed by atoms with Gasteiger partial charge in [-0.25, -0.2) is 10.8 Å². The molecule has 1 fully saturated rings. The molecule has 0 bridgehead atoms. The maximum atomic E-state index is 12.5. The molecule has 2 rings (SSSR count). The van der Waals surface area contributed by atoms with Crippen LogP contribution in [0, 0.1) is 5.92 Å². The summed E-state index contributed by atoms with van der Waals surface area (Å²) in [4.78, 5) is 18.7. The van der Waals surface area contributed by atoms with Crippen molar-refractivity contribution in [1.29, 1.82) is 0 Å². The number of hydrogen-bond acceptors (Lipinski definition) is 5. The van der Waals surface area contributed by atoms with Crippen LogP contribution in [0.2, 0.25) is 0 Å². The standard InChI is InChI=1S/C14H22N4O2/c1-3-12-6-11(7-13(16-12)17-15)14(19)18-5-4-10(8-18)9-20-2/h6-7,10H,3-5,8-9,15H2,1-2H3,(H,16,17). The average molecular weight is 278 g/mol. The molecule has 1 atom stereocenters. The number of aromatic nitrogens is 1. The normalized spacial score (nSPS) is 18.4. The van der Waals surface area contributed by atoms with E-state index in [4.69, 9.17) is 10.6 Å². The van der Waals surface area contributed by atoms with Crippen molar-refractivity contribution in [3.8, 4) is 0 Å². The van der Waals surface area contributed by atoms with Gasteiger partial charge in [-0.3, -0.25) is 4.79 Å². The second-order valence-electron chi connectivity index (χ2n) is 5.09. The summed E-state index contributed by atoms with van der Waals surface area (Å²) in [5.41, 5.74) is 4.01. The van der Waals surface area contributed by atoms with Gasteiger partial charge >= 0.3 is 0 Å². The summed E-state index contributed by atoms with van der Waals surface area (Å²) in [5, 5.41) is 0. The minimum absolute atomic E-state index is 0.0391. The van der Waals surface area contributed by atoms with E-state index in [1.807, 2.05) is 17.9 Å². The Bertz CT molecular complexity index is 456. The van der Waals surface area contributed by atoms with Crippen molar-refractivity contribution in [3.63, 3.8) is 0 Å². The molecule has 1 aromatic heterocycles. The van der Waals surface area contributed by atoms with Crippen molar-refractivity contribution in [2.75, 3.05) is 32.2 Å². The molecule has 0 aromatic carbocycles. The number of nitrogens with zero attached hydrogens (tertiary/aromatic N) is 2. The third-order valence-corrected chi connectivity index (χ3v) is 3.61. The average Bonchev–Trinajstić information content (AvgIpc) is 2.94. The summed E-state index contributed by atoms with van der Waals surface area (Å²) >= 11 is 0. The summed E-state index contributed by atoms with van der Waals surface area (Å²) < 4.78 is 5.16. The van der Waals surface area contributed by atoms with Gasteiger partial charge < -0.3 is 15.1 Å². The predicted molar refractivity (Wildman–Crippen MR) is 77.3 cm³/mol. The highest BCUT2D eigenvalue weighted by Gasteiger charge is 2.27. The Morgan fingerprint density at radius 3 is 3.05 bits per heavy atom. The topological polar surface area (TPSA) is 80.5 Å². The van der Waals surface area contributed by atoms with E-state index in [2.05, 4.69) is 10.4 Å². The van der Waals surface area contributed by atoms with E-state index < -0.39 is 0 Å². The van der Waals surface area contributed by atoms with Crippen molar-refractivity contribution in [1.82, 2.24) is 9.88 Å². The number of likely N-dealkylation sites (tertiary alicyclic amines) is 1. The molecule has 0 radical (unpaired) electrons. The van der Waals surface area contributed by atoms with Gasteiger partial charge in [0.25, 0.3) is 5.91 Å². The first kappa shape index (κ1) is 14.7. The molecule has 6 nitrogen and oxygen atoms in total. The highest BCUT2D eigenvalue weighted by atomic mass is 16.5. The van der Waals surface area contributed by atoms with Crippen LogP contribution in [0.25, 0.3) is 0 Å². The maximum absolute atomic E-state index is 12.5. The van der Waals surface area contributed by atoms with Crippen molar-refractivity contribution >= 4 is 11.7 Å². The highest BCUT2D eigenvalue weighted by molar-refractivity contribution is 5.95. The van der Waals surface area contributed by atoms with Gasteiger partial charge in [0.05, 0.1) is 6.61 Å². The first-order chi connectivity index (χ1) is 9.67. The van der Waals surface area contributed by atoms with Crippen molar-refractivity contribution in [2.45, 2.75) is 19.8 Å². The minimum Gasteiger partial charge on any atom is -0.384 e. The Hall–Kier alpha value is -1.66. The highest BCUT2D eigenvalue weighted by Crippen LogP contribution is 2.20. The number of pyridine rings is 1. The van der Waals surface area contributed by atoms with Gasteiger partial charge in [-0.15, -0.1) is 0 Å². The Morgan fingerprint density at radius 1 is 1.60 bits per heavy atom. The van der Waals surface area contributed by atoms with Gasteiger partial charge in [0, 0.05) is 37.4 Å². The summed E-state index contributed by atoms with van der Waals surface area (Å²) in [7, 11) is 1.69. The minimum atomic E-state index is 0.0391. The van der Waals surface area contributed by atoms with E-state index in [0.717, 1.165) is 31.6 Å². The van der Waals surface area contributed by atoms with Crippen LogP contribution in [0.4, 0.5) is 5.82 Å². The fourth-order valence-corrected chi connectivity index (χ4v) is 2.54. The van der Waals surface area contributed by atoms with E-state index in [9.17, 15) is 4.79 Å². The number of nitrogens with two attached hydrogens (primary N) is 1. The smallest absolute Gasteiger partial charge is 0.254 e. The van der Waals surface area contributed by atoms with Crippen LogP contribution in [0.5, 0.6) is 0 Å². The zero-order valence-electron chi connectivity index (χ0n) is 12.1. The summed E-state index contributed by atoms with van der Waals surface area (Å²) in [5.74, 6) is 6.40. The number of anilines is 1. The molecule has 110 valence electrons. The van der Waals surface area contributed by atoms with Crippen LogP contribution in [0.1, 0.15) is 29.4 Å². The molecule has 6 heteroatoms. The number of carbonyl (C=O) groups excluding carboxylic acids is 1. The second kappa shape index (κ2) is 6.67. The van der Waals surface area contributed by atoms with Crippen LogP contribution >= 0.6 is 0 Å². The van der Waals surface area contributed by atoms with E-state index in [1.54, 1.807) is 13.2 Å². The molecule has 1 saturated heterocycles. The summed E-state index contributed by atoms with van der Waals surface area (Å²) in [6.07, 6.45) is 1.76. The number of nitrogens with one attached hydrogen (secondary N) is 1. The molecule has 0 spiro atoms. The fraction of sp³-hybridized carbons (Fsp3) is 0.571. The number of hydrazine groups is 1. The van der Waals surface area contributed by atoms with Crippen LogP contribution in [-0.2, 0) is 11.2 Å². The lowest BCUT2D eigenvalue weighted by molar-refractivity contribution is 0.0775. The third kappa shape index (κ3) is 3.26. The molecule has 0 saturated carbocycles. The predicted octanol–water partition coefficient (Wildman–Crippen LogP) is 1.04. The maximum Gasteiger partial charge on any atom is 0.254 e. The third-order valence-electron chi connectivity index (χ3n) is 3.61. The summed E-state index contributed by atoms with van der Waals surface area (Å²) in [6, 6.07) is 3.54. The van der Waals surface area contributed by atoms with E-state index >= 15 is 0 Å². The van der Waals surface area contributed by atoms with Crippen LogP contribution in [-0.4, -0.2) is 42.6 Å². The van der Waals surface area contributed by atoms with E-state index in [0.29, 0.717) is 23.9 Å². The van der Waals surface area contributed by atoms with Gasteiger partial charge in [-0.1, -0.05) is 6.92 Å². The Morgan fingerprint density at radius 2 is 2.40 bits per heavy atom. The number of nitrogen functional groups attached to an aromatic ring is 1. The number of amides is 1. The zero-order chi connectivity index (χ0) is 14.5. The number of hydrogen-bond donors (Lipinski definition) is 2. The Labute approximate surface area is 119 Å². The van der Waals surface area contributed by atoms with E-state index in [1.165, 1.54) is 0 Å². The Kier molecular flexibility index (Phi) is 4.92. The van der Waals surface area contributed by atoms with Crippen LogP contribution in [0.3, 0.4) is 0 Å². The molecular weight excluding hydrogens is 256 g/mol. The van der Waals surface area contributed by atoms with Gasteiger partial charge in [-0.05, 0) is 25.0 Å². The molecule has 1 aliphatic rings. The van der Waals surface area contributed by atoms with Gasteiger partial charge in [-0.2, -0.15) is 0 Å². The number of ether oxygens (including phenoxy) is 1. The van der Waals surface area contributed by atoms with Gasteiger partial charge in [0.2, 0.25) is 0 Å². The molecule has 1 aromatic rings. The van der Waals surface area contributed by atoms with Gasteiger partial charge in [0.15, 0.2) is 0 Å². The molecule has 20 heavy (non-hydrogen) atoms. The first-order valence-electron chi connectivity index (χ1n) is 6.93. The number of carbonyl (C=O) groups is 1. The molecule has 1 aliphatic heterocycles. The lowest BCUT2D eigenvalue weighted by atomic mass is 10.1. The van der Waals surface area contributed by atoms with E-state index in [-0.39, 0.29) is 5.91 Å². The SMILES string of the molecule is CCc1cc(C(=O)N2CCC(COC)C2)cc(NN)n1. The largest absolute Gasteiger partial charge is 0.384 e. The second-order valence-corrected chi connectivity index (χ2v) is 5.09. The number of aryl methyl sites for hydroxylation is 1. The molecular formula is C14H22N4O2. The lowest BCUT2D eigenvalue weighted by Gasteiger charge is -2.17. The monoisotopic (exact) mass is 278 g/mol. The molecule has 3 N–H and O–H groups in total. The number of methoxy groups -OCH3 is 1.